The molecule has 1 aromatic rings. The van der Waals surface area contributed by atoms with Gasteiger partial charge in [0, 0.05) is 5.92 Å². The standard InChI is InChI=1S/C19H33NO/c1-7-18(3,4)15-9-11-17(12-10-15)21-14-16(13-20)19(5,6)8-2/h9-12,16H,7-8,13-14,20H2,1-6H3. The highest BCUT2D eigenvalue weighted by atomic mass is 16.5. The first-order valence-corrected chi connectivity index (χ1v) is 8.20. The monoisotopic (exact) mass is 291 g/mol. The quantitative estimate of drug-likeness (QED) is 0.749. The SMILES string of the molecule is CCC(C)(C)c1ccc(OCC(CN)C(C)(C)CC)cc1. The summed E-state index contributed by atoms with van der Waals surface area (Å²) in [6.45, 7) is 14.9. The topological polar surface area (TPSA) is 35.2 Å². The van der Waals surface area contributed by atoms with Crippen molar-refractivity contribution < 1.29 is 4.74 Å². The minimum absolute atomic E-state index is 0.221. The summed E-state index contributed by atoms with van der Waals surface area (Å²) in [7, 11) is 0. The predicted molar refractivity (Wildman–Crippen MR) is 91.9 cm³/mol. The van der Waals surface area contributed by atoms with E-state index in [4.69, 9.17) is 10.5 Å². The summed E-state index contributed by atoms with van der Waals surface area (Å²) in [6, 6.07) is 8.53. The first-order valence-electron chi connectivity index (χ1n) is 8.20. The Balaban J connectivity index is 2.68. The molecule has 0 radical (unpaired) electrons. The maximum absolute atomic E-state index is 5.97. The molecule has 0 aliphatic carbocycles. The van der Waals surface area contributed by atoms with E-state index in [0.717, 1.165) is 18.6 Å². The lowest BCUT2D eigenvalue weighted by Crippen LogP contribution is -2.34. The van der Waals surface area contributed by atoms with Crippen molar-refractivity contribution in [2.24, 2.45) is 17.1 Å². The molecule has 1 rings (SSSR count). The van der Waals surface area contributed by atoms with Crippen LogP contribution in [0.2, 0.25) is 0 Å². The average molecular weight is 291 g/mol. The van der Waals surface area contributed by atoms with E-state index in [1.807, 2.05) is 0 Å². The van der Waals surface area contributed by atoms with Crippen LogP contribution in [0, 0.1) is 11.3 Å². The first kappa shape index (κ1) is 18.0. The largest absolute Gasteiger partial charge is 0.493 e. The van der Waals surface area contributed by atoms with E-state index in [-0.39, 0.29) is 10.8 Å². The second-order valence-corrected chi connectivity index (χ2v) is 7.35. The van der Waals surface area contributed by atoms with Crippen LogP contribution in [-0.2, 0) is 5.41 Å². The molecule has 0 aliphatic rings. The molecule has 0 aromatic heterocycles. The maximum Gasteiger partial charge on any atom is 0.119 e. The number of hydrogen-bond donors (Lipinski definition) is 1. The van der Waals surface area contributed by atoms with Gasteiger partial charge in [0.15, 0.2) is 0 Å². The lowest BCUT2D eigenvalue weighted by molar-refractivity contribution is 0.132. The Morgan fingerprint density at radius 1 is 1.00 bits per heavy atom. The maximum atomic E-state index is 5.97. The molecule has 1 unspecified atom stereocenters. The van der Waals surface area contributed by atoms with Crippen LogP contribution in [0.1, 0.15) is 59.9 Å². The van der Waals surface area contributed by atoms with Gasteiger partial charge in [-0.25, -0.2) is 0 Å². The van der Waals surface area contributed by atoms with E-state index in [9.17, 15) is 0 Å². The van der Waals surface area contributed by atoms with Gasteiger partial charge in [0.05, 0.1) is 6.61 Å². The highest BCUT2D eigenvalue weighted by Crippen LogP contribution is 2.31. The Morgan fingerprint density at radius 2 is 1.57 bits per heavy atom. The summed E-state index contributed by atoms with van der Waals surface area (Å²) in [5.74, 6) is 1.32. The molecule has 1 atom stereocenters. The predicted octanol–water partition coefficient (Wildman–Crippen LogP) is 4.76. The van der Waals surface area contributed by atoms with E-state index >= 15 is 0 Å². The minimum atomic E-state index is 0.221. The highest BCUT2D eigenvalue weighted by molar-refractivity contribution is 5.31. The Kier molecular flexibility index (Phi) is 6.27. The van der Waals surface area contributed by atoms with Crippen molar-refractivity contribution in [2.45, 2.75) is 59.8 Å². The van der Waals surface area contributed by atoms with Crippen molar-refractivity contribution in [2.75, 3.05) is 13.2 Å². The van der Waals surface area contributed by atoms with Gasteiger partial charge in [0.2, 0.25) is 0 Å². The van der Waals surface area contributed by atoms with Crippen molar-refractivity contribution in [1.82, 2.24) is 0 Å². The number of benzene rings is 1. The molecule has 0 spiro atoms. The summed E-state index contributed by atoms with van der Waals surface area (Å²) in [4.78, 5) is 0. The summed E-state index contributed by atoms with van der Waals surface area (Å²) >= 11 is 0. The van der Waals surface area contributed by atoms with Crippen LogP contribution in [0.3, 0.4) is 0 Å². The summed E-state index contributed by atoms with van der Waals surface area (Å²) in [5.41, 5.74) is 7.73. The van der Waals surface area contributed by atoms with Gasteiger partial charge >= 0.3 is 0 Å². The second kappa shape index (κ2) is 7.31. The van der Waals surface area contributed by atoms with Crippen LogP contribution in [0.25, 0.3) is 0 Å². The van der Waals surface area contributed by atoms with E-state index in [2.05, 4.69) is 65.8 Å². The summed E-state index contributed by atoms with van der Waals surface area (Å²) < 4.78 is 5.97. The fourth-order valence-corrected chi connectivity index (χ4v) is 2.30. The lowest BCUT2D eigenvalue weighted by Gasteiger charge is -2.32. The van der Waals surface area contributed by atoms with E-state index in [0.29, 0.717) is 19.1 Å². The molecule has 2 heteroatoms. The Bertz CT molecular complexity index is 420. The summed E-state index contributed by atoms with van der Waals surface area (Å²) in [6.07, 6.45) is 2.25. The molecular formula is C19H33NO. The smallest absolute Gasteiger partial charge is 0.119 e. The molecule has 2 N–H and O–H groups in total. The Morgan fingerprint density at radius 3 is 2.00 bits per heavy atom. The van der Waals surface area contributed by atoms with Gasteiger partial charge in [-0.15, -0.1) is 0 Å². The Labute approximate surface area is 131 Å². The van der Waals surface area contributed by atoms with E-state index in [1.165, 1.54) is 5.56 Å². The van der Waals surface area contributed by atoms with Gasteiger partial charge in [-0.1, -0.05) is 60.1 Å². The molecule has 1 aromatic carbocycles. The van der Waals surface area contributed by atoms with Gasteiger partial charge in [-0.2, -0.15) is 0 Å². The van der Waals surface area contributed by atoms with Gasteiger partial charge in [-0.05, 0) is 41.5 Å². The van der Waals surface area contributed by atoms with Crippen molar-refractivity contribution in [3.05, 3.63) is 29.8 Å². The number of hydrogen-bond acceptors (Lipinski definition) is 2. The molecule has 0 aliphatic heterocycles. The molecule has 0 saturated heterocycles. The van der Waals surface area contributed by atoms with Crippen LogP contribution in [0.5, 0.6) is 5.75 Å². The highest BCUT2D eigenvalue weighted by Gasteiger charge is 2.27. The van der Waals surface area contributed by atoms with Crippen molar-refractivity contribution in [3.8, 4) is 5.75 Å². The average Bonchev–Trinajstić information content (AvgIpc) is 2.48. The number of rotatable bonds is 8. The van der Waals surface area contributed by atoms with E-state index in [1.54, 1.807) is 0 Å². The van der Waals surface area contributed by atoms with Crippen LogP contribution >= 0.6 is 0 Å². The number of nitrogens with two attached hydrogens (primary N) is 1. The molecule has 0 fully saturated rings. The molecule has 0 bridgehead atoms. The van der Waals surface area contributed by atoms with Crippen molar-refractivity contribution in [1.29, 1.82) is 0 Å². The van der Waals surface area contributed by atoms with Crippen LogP contribution in [0.15, 0.2) is 24.3 Å². The first-order chi connectivity index (χ1) is 9.76. The van der Waals surface area contributed by atoms with Gasteiger partial charge < -0.3 is 10.5 Å². The van der Waals surface area contributed by atoms with Crippen molar-refractivity contribution in [3.63, 3.8) is 0 Å². The van der Waals surface area contributed by atoms with Crippen LogP contribution in [0.4, 0.5) is 0 Å². The zero-order valence-corrected chi connectivity index (χ0v) is 14.7. The molecular weight excluding hydrogens is 258 g/mol. The Hall–Kier alpha value is -1.02. The third kappa shape index (κ3) is 4.74. The molecule has 0 saturated carbocycles. The van der Waals surface area contributed by atoms with Gasteiger partial charge in [0.1, 0.15) is 5.75 Å². The molecule has 2 nitrogen and oxygen atoms in total. The van der Waals surface area contributed by atoms with Crippen LogP contribution < -0.4 is 10.5 Å². The lowest BCUT2D eigenvalue weighted by atomic mass is 9.77. The third-order valence-electron chi connectivity index (χ3n) is 5.27. The third-order valence-corrected chi connectivity index (χ3v) is 5.27. The zero-order chi connectivity index (χ0) is 16.1. The van der Waals surface area contributed by atoms with E-state index < -0.39 is 0 Å². The fourth-order valence-electron chi connectivity index (χ4n) is 2.30. The molecule has 0 heterocycles. The fraction of sp³-hybridized carbons (Fsp3) is 0.684. The number of ether oxygens (including phenoxy) is 1. The van der Waals surface area contributed by atoms with Gasteiger partial charge in [-0.3, -0.25) is 0 Å². The van der Waals surface area contributed by atoms with Gasteiger partial charge in [0.25, 0.3) is 0 Å². The molecule has 0 amide bonds. The minimum Gasteiger partial charge on any atom is -0.493 e. The second-order valence-electron chi connectivity index (χ2n) is 7.35. The summed E-state index contributed by atoms with van der Waals surface area (Å²) in [5, 5.41) is 0. The molecule has 120 valence electrons. The van der Waals surface area contributed by atoms with Crippen molar-refractivity contribution >= 4 is 0 Å². The molecule has 21 heavy (non-hydrogen) atoms. The van der Waals surface area contributed by atoms with Crippen LogP contribution in [-0.4, -0.2) is 13.2 Å². The normalized spacial score (nSPS) is 14.0. The zero-order valence-electron chi connectivity index (χ0n) is 14.7.